The molecule has 0 aliphatic heterocycles. The van der Waals surface area contributed by atoms with E-state index in [0.717, 1.165) is 41.2 Å². The third kappa shape index (κ3) is 6.18. The molecular weight excluding hydrogens is 409 g/mol. The van der Waals surface area contributed by atoms with Gasteiger partial charge >= 0.3 is 6.18 Å². The van der Waals surface area contributed by atoms with Crippen LogP contribution in [0.1, 0.15) is 32.9 Å². The van der Waals surface area contributed by atoms with Crippen molar-refractivity contribution in [2.24, 2.45) is 0 Å². The Balaban J connectivity index is 1.47. The quantitative estimate of drug-likeness (QED) is 0.604. The van der Waals surface area contributed by atoms with Gasteiger partial charge in [0.05, 0.1) is 12.1 Å². The lowest BCUT2D eigenvalue weighted by atomic mass is 10.1. The Morgan fingerprint density at radius 3 is 2.39 bits per heavy atom. The van der Waals surface area contributed by atoms with Crippen molar-refractivity contribution in [1.29, 1.82) is 0 Å². The van der Waals surface area contributed by atoms with Gasteiger partial charge in [0.15, 0.2) is 0 Å². The summed E-state index contributed by atoms with van der Waals surface area (Å²) in [4.78, 5) is 28.3. The molecule has 0 atom stereocenters. The molecule has 0 radical (unpaired) electrons. The molecule has 1 aromatic heterocycles. The molecule has 0 saturated carbocycles. The number of rotatable bonds is 7. The number of imidazole rings is 1. The molecule has 1 heterocycles. The van der Waals surface area contributed by atoms with Crippen molar-refractivity contribution in [2.45, 2.75) is 26.2 Å². The second-order valence-corrected chi connectivity index (χ2v) is 6.96. The van der Waals surface area contributed by atoms with Crippen LogP contribution in [0, 0.1) is 6.92 Å². The number of benzene rings is 2. The smallest absolute Gasteiger partial charge is 0.350 e. The number of alkyl halides is 3. The highest BCUT2D eigenvalue weighted by Crippen LogP contribution is 2.29. The van der Waals surface area contributed by atoms with E-state index in [1.165, 1.54) is 0 Å². The summed E-state index contributed by atoms with van der Waals surface area (Å²) in [6.07, 6.45) is -0.842. The van der Waals surface area contributed by atoms with Crippen molar-refractivity contribution in [3.05, 3.63) is 89.0 Å². The van der Waals surface area contributed by atoms with E-state index in [-0.39, 0.29) is 18.7 Å². The summed E-state index contributed by atoms with van der Waals surface area (Å²) in [5.41, 5.74) is 1.16. The predicted molar refractivity (Wildman–Crippen MR) is 108 cm³/mol. The number of halogens is 3. The molecular formula is C22H21F3N4O2. The molecule has 3 rings (SSSR count). The molecule has 0 saturated heterocycles. The van der Waals surface area contributed by atoms with Crippen LogP contribution in [0.3, 0.4) is 0 Å². The number of carbonyl (C=O) groups excluding carboxylic acids is 2. The lowest BCUT2D eigenvalue weighted by molar-refractivity contribution is -0.137. The SMILES string of the molecule is Cc1nccn1Cc1cccc(CNC(=O)CNC(=O)c2ccc(C(F)(F)F)cc2)c1. The number of amides is 2. The summed E-state index contributed by atoms with van der Waals surface area (Å²) in [6.45, 7) is 2.58. The van der Waals surface area contributed by atoms with E-state index in [4.69, 9.17) is 0 Å². The van der Waals surface area contributed by atoms with E-state index in [2.05, 4.69) is 15.6 Å². The Bertz CT molecular complexity index is 1060. The lowest BCUT2D eigenvalue weighted by Gasteiger charge is -2.10. The fourth-order valence-electron chi connectivity index (χ4n) is 2.94. The van der Waals surface area contributed by atoms with Gasteiger partial charge < -0.3 is 15.2 Å². The second kappa shape index (κ2) is 9.46. The number of hydrogen-bond donors (Lipinski definition) is 2. The van der Waals surface area contributed by atoms with Crippen LogP contribution >= 0.6 is 0 Å². The maximum Gasteiger partial charge on any atom is 0.416 e. The maximum atomic E-state index is 12.6. The van der Waals surface area contributed by atoms with E-state index < -0.39 is 23.6 Å². The van der Waals surface area contributed by atoms with E-state index >= 15 is 0 Å². The highest BCUT2D eigenvalue weighted by atomic mass is 19.4. The number of aryl methyl sites for hydroxylation is 1. The van der Waals surface area contributed by atoms with Gasteiger partial charge in [0.1, 0.15) is 5.82 Å². The average molecular weight is 430 g/mol. The molecule has 0 bridgehead atoms. The van der Waals surface area contributed by atoms with Gasteiger partial charge in [-0.05, 0) is 42.3 Å². The normalized spacial score (nSPS) is 11.2. The zero-order chi connectivity index (χ0) is 22.4. The van der Waals surface area contributed by atoms with Crippen molar-refractivity contribution < 1.29 is 22.8 Å². The van der Waals surface area contributed by atoms with Crippen LogP contribution in [-0.4, -0.2) is 27.9 Å². The zero-order valence-electron chi connectivity index (χ0n) is 16.7. The Morgan fingerprint density at radius 1 is 1.03 bits per heavy atom. The first-order valence-corrected chi connectivity index (χ1v) is 9.50. The number of carbonyl (C=O) groups is 2. The van der Waals surface area contributed by atoms with Crippen LogP contribution in [0.5, 0.6) is 0 Å². The lowest BCUT2D eigenvalue weighted by Crippen LogP contribution is -2.36. The van der Waals surface area contributed by atoms with Gasteiger partial charge in [-0.1, -0.05) is 24.3 Å². The zero-order valence-corrected chi connectivity index (χ0v) is 16.7. The highest BCUT2D eigenvalue weighted by molar-refractivity contribution is 5.96. The topological polar surface area (TPSA) is 76.0 Å². The van der Waals surface area contributed by atoms with Crippen molar-refractivity contribution in [3.63, 3.8) is 0 Å². The minimum absolute atomic E-state index is 0.0447. The summed E-state index contributed by atoms with van der Waals surface area (Å²) in [6, 6.07) is 11.5. The fourth-order valence-corrected chi connectivity index (χ4v) is 2.94. The molecule has 0 spiro atoms. The van der Waals surface area contributed by atoms with Gasteiger partial charge in [-0.25, -0.2) is 4.98 Å². The minimum Gasteiger partial charge on any atom is -0.350 e. The summed E-state index contributed by atoms with van der Waals surface area (Å²) >= 11 is 0. The first kappa shape index (κ1) is 22.1. The molecule has 9 heteroatoms. The summed E-state index contributed by atoms with van der Waals surface area (Å²) < 4.78 is 39.7. The number of aromatic nitrogens is 2. The number of nitrogens with one attached hydrogen (secondary N) is 2. The van der Waals surface area contributed by atoms with Crippen LogP contribution in [0.4, 0.5) is 13.2 Å². The van der Waals surface area contributed by atoms with Gasteiger partial charge in [0.25, 0.3) is 5.91 Å². The highest BCUT2D eigenvalue weighted by Gasteiger charge is 2.30. The standard InChI is InChI=1S/C22H21F3N4O2/c1-15-26-9-10-29(15)14-17-4-2-3-16(11-17)12-27-20(30)13-28-21(31)18-5-7-19(8-6-18)22(23,24)25/h2-11H,12-14H2,1H3,(H,27,30)(H,28,31). The Labute approximate surface area is 177 Å². The molecule has 31 heavy (non-hydrogen) atoms. The average Bonchev–Trinajstić information content (AvgIpc) is 3.14. The fraction of sp³-hybridized carbons (Fsp3) is 0.227. The molecule has 6 nitrogen and oxygen atoms in total. The van der Waals surface area contributed by atoms with Crippen molar-refractivity contribution >= 4 is 11.8 Å². The third-order valence-corrected chi connectivity index (χ3v) is 4.64. The van der Waals surface area contributed by atoms with Crippen molar-refractivity contribution in [1.82, 2.24) is 20.2 Å². The van der Waals surface area contributed by atoms with Crippen LogP contribution in [0.15, 0.2) is 60.9 Å². The maximum absolute atomic E-state index is 12.6. The Morgan fingerprint density at radius 2 is 1.74 bits per heavy atom. The molecule has 0 fully saturated rings. The van der Waals surface area contributed by atoms with Crippen LogP contribution in [0.25, 0.3) is 0 Å². The molecule has 3 aromatic rings. The predicted octanol–water partition coefficient (Wildman–Crippen LogP) is 3.30. The molecule has 2 N–H and O–H groups in total. The van der Waals surface area contributed by atoms with Crippen molar-refractivity contribution in [2.75, 3.05) is 6.54 Å². The number of hydrogen-bond acceptors (Lipinski definition) is 3. The van der Waals surface area contributed by atoms with Gasteiger partial charge in [-0.2, -0.15) is 13.2 Å². The molecule has 2 amide bonds. The van der Waals surface area contributed by atoms with Gasteiger partial charge in [0, 0.05) is 31.0 Å². The van der Waals surface area contributed by atoms with Crippen LogP contribution in [-0.2, 0) is 24.1 Å². The molecule has 0 aliphatic rings. The summed E-state index contributed by atoms with van der Waals surface area (Å²) in [5.74, 6) is -0.125. The van der Waals surface area contributed by atoms with Crippen LogP contribution in [0.2, 0.25) is 0 Å². The first-order valence-electron chi connectivity index (χ1n) is 9.50. The van der Waals surface area contributed by atoms with E-state index in [1.807, 2.05) is 42.0 Å². The van der Waals surface area contributed by atoms with Gasteiger partial charge in [0.2, 0.25) is 5.91 Å². The summed E-state index contributed by atoms with van der Waals surface area (Å²) in [7, 11) is 0. The minimum atomic E-state index is -4.47. The van der Waals surface area contributed by atoms with Crippen molar-refractivity contribution in [3.8, 4) is 0 Å². The first-order chi connectivity index (χ1) is 14.7. The van der Waals surface area contributed by atoms with E-state index in [9.17, 15) is 22.8 Å². The Kier molecular flexibility index (Phi) is 6.74. The second-order valence-electron chi connectivity index (χ2n) is 6.96. The van der Waals surface area contributed by atoms with E-state index in [1.54, 1.807) is 6.20 Å². The van der Waals surface area contributed by atoms with Gasteiger partial charge in [-0.15, -0.1) is 0 Å². The third-order valence-electron chi connectivity index (χ3n) is 4.64. The van der Waals surface area contributed by atoms with Gasteiger partial charge in [-0.3, -0.25) is 9.59 Å². The molecule has 0 aliphatic carbocycles. The van der Waals surface area contributed by atoms with Crippen LogP contribution < -0.4 is 10.6 Å². The van der Waals surface area contributed by atoms with E-state index in [0.29, 0.717) is 6.54 Å². The number of nitrogens with zero attached hydrogens (tertiary/aromatic N) is 2. The monoisotopic (exact) mass is 430 g/mol. The Hall–Kier alpha value is -3.62. The largest absolute Gasteiger partial charge is 0.416 e. The molecule has 0 unspecified atom stereocenters. The molecule has 162 valence electrons. The summed E-state index contributed by atoms with van der Waals surface area (Å²) in [5, 5.41) is 5.11. The molecule has 2 aromatic carbocycles.